The van der Waals surface area contributed by atoms with Crippen molar-refractivity contribution in [2.45, 2.75) is 46.1 Å². The Morgan fingerprint density at radius 2 is 2.20 bits per heavy atom. The molecular formula is C17H23NO2. The number of benzene rings is 1. The summed E-state index contributed by atoms with van der Waals surface area (Å²) in [6, 6.07) is 6.87. The molecule has 2 rings (SSSR count). The van der Waals surface area contributed by atoms with Crippen LogP contribution in [-0.4, -0.2) is 23.7 Å². The van der Waals surface area contributed by atoms with Crippen LogP contribution in [0.25, 0.3) is 5.57 Å². The first-order valence-corrected chi connectivity index (χ1v) is 7.36. The Labute approximate surface area is 120 Å². The van der Waals surface area contributed by atoms with Gasteiger partial charge in [0.25, 0.3) is 0 Å². The molecule has 0 fully saturated rings. The minimum absolute atomic E-state index is 0.500. The van der Waals surface area contributed by atoms with E-state index in [4.69, 9.17) is 5.11 Å². The highest BCUT2D eigenvalue weighted by molar-refractivity contribution is 5.90. The van der Waals surface area contributed by atoms with Gasteiger partial charge in [-0.3, -0.25) is 0 Å². The molecule has 0 saturated heterocycles. The highest BCUT2D eigenvalue weighted by Crippen LogP contribution is 2.32. The number of nitrogens with zero attached hydrogens (tertiary/aromatic N) is 1. The van der Waals surface area contributed by atoms with Gasteiger partial charge < -0.3 is 10.0 Å². The Bertz CT molecular complexity index is 532. The van der Waals surface area contributed by atoms with Gasteiger partial charge in [0.1, 0.15) is 0 Å². The monoisotopic (exact) mass is 273 g/mol. The summed E-state index contributed by atoms with van der Waals surface area (Å²) < 4.78 is 0. The summed E-state index contributed by atoms with van der Waals surface area (Å²) in [5.74, 6) is -0.872. The van der Waals surface area contributed by atoms with E-state index in [1.165, 1.54) is 23.7 Å². The van der Waals surface area contributed by atoms with Crippen molar-refractivity contribution in [1.82, 2.24) is 0 Å². The first-order chi connectivity index (χ1) is 9.52. The molecule has 1 aliphatic heterocycles. The quantitative estimate of drug-likeness (QED) is 0.850. The number of hydrogen-bond acceptors (Lipinski definition) is 2. The third kappa shape index (κ3) is 3.03. The van der Waals surface area contributed by atoms with Gasteiger partial charge in [0, 0.05) is 24.4 Å². The van der Waals surface area contributed by atoms with E-state index in [9.17, 15) is 4.79 Å². The van der Waals surface area contributed by atoms with Crippen molar-refractivity contribution in [3.8, 4) is 0 Å². The predicted molar refractivity (Wildman–Crippen MR) is 83.1 cm³/mol. The molecule has 1 aliphatic rings. The lowest BCUT2D eigenvalue weighted by atomic mass is 9.94. The largest absolute Gasteiger partial charge is 0.478 e. The molecule has 0 aromatic heterocycles. The summed E-state index contributed by atoms with van der Waals surface area (Å²) in [5.41, 5.74) is 4.58. The molecule has 0 unspecified atom stereocenters. The SMILES string of the molecule is CC/C(=C/C(=O)O)c1ccc2c(c1)CCCN2C(C)C. The lowest BCUT2D eigenvalue weighted by Crippen LogP contribution is -2.35. The molecule has 108 valence electrons. The van der Waals surface area contributed by atoms with E-state index in [-0.39, 0.29) is 0 Å². The van der Waals surface area contributed by atoms with E-state index < -0.39 is 5.97 Å². The molecule has 0 spiro atoms. The molecule has 0 saturated carbocycles. The second-order valence-corrected chi connectivity index (χ2v) is 5.60. The topological polar surface area (TPSA) is 40.5 Å². The van der Waals surface area contributed by atoms with E-state index in [2.05, 4.69) is 36.9 Å². The second-order valence-electron chi connectivity index (χ2n) is 5.60. The fraction of sp³-hybridized carbons (Fsp3) is 0.471. The van der Waals surface area contributed by atoms with Gasteiger partial charge in [0.2, 0.25) is 0 Å². The van der Waals surface area contributed by atoms with Crippen LogP contribution in [0.2, 0.25) is 0 Å². The van der Waals surface area contributed by atoms with Crippen LogP contribution in [0.1, 0.15) is 44.7 Å². The van der Waals surface area contributed by atoms with Crippen LogP contribution in [0.4, 0.5) is 5.69 Å². The zero-order chi connectivity index (χ0) is 14.7. The van der Waals surface area contributed by atoms with Crippen LogP contribution in [0.5, 0.6) is 0 Å². The number of carboxylic acid groups (broad SMARTS) is 1. The molecule has 0 atom stereocenters. The second kappa shape index (κ2) is 6.12. The Hall–Kier alpha value is -1.77. The summed E-state index contributed by atoms with van der Waals surface area (Å²) in [5, 5.41) is 8.94. The summed E-state index contributed by atoms with van der Waals surface area (Å²) in [6.07, 6.45) is 4.30. The van der Waals surface area contributed by atoms with E-state index in [1.54, 1.807) is 0 Å². The molecule has 1 aromatic carbocycles. The highest BCUT2D eigenvalue weighted by atomic mass is 16.4. The molecule has 1 N–H and O–H groups in total. The van der Waals surface area contributed by atoms with E-state index in [0.29, 0.717) is 6.04 Å². The molecule has 0 aliphatic carbocycles. The number of anilines is 1. The Kier molecular flexibility index (Phi) is 4.48. The molecule has 0 bridgehead atoms. The van der Waals surface area contributed by atoms with Crippen LogP contribution >= 0.6 is 0 Å². The molecule has 20 heavy (non-hydrogen) atoms. The smallest absolute Gasteiger partial charge is 0.328 e. The van der Waals surface area contributed by atoms with Gasteiger partial charge in [-0.1, -0.05) is 13.0 Å². The maximum atomic E-state index is 10.9. The van der Waals surface area contributed by atoms with Crippen LogP contribution in [-0.2, 0) is 11.2 Å². The van der Waals surface area contributed by atoms with Crippen molar-refractivity contribution in [2.75, 3.05) is 11.4 Å². The van der Waals surface area contributed by atoms with E-state index in [0.717, 1.165) is 30.5 Å². The fourth-order valence-corrected chi connectivity index (χ4v) is 2.90. The molecule has 0 amide bonds. The average Bonchev–Trinajstić information content (AvgIpc) is 2.43. The van der Waals surface area contributed by atoms with E-state index >= 15 is 0 Å². The van der Waals surface area contributed by atoms with Gasteiger partial charge >= 0.3 is 5.97 Å². The third-order valence-electron chi connectivity index (χ3n) is 3.91. The average molecular weight is 273 g/mol. The standard InChI is InChI=1S/C17H23NO2/c1-4-13(11-17(19)20)14-7-8-16-15(10-14)6-5-9-18(16)12(2)3/h7-8,10-12H,4-6,9H2,1-3H3,(H,19,20)/b13-11-. The first kappa shape index (κ1) is 14.6. The van der Waals surface area contributed by atoms with Gasteiger partial charge in [-0.25, -0.2) is 4.79 Å². The van der Waals surface area contributed by atoms with Gasteiger partial charge in [-0.05, 0) is 61.9 Å². The summed E-state index contributed by atoms with van der Waals surface area (Å²) in [4.78, 5) is 13.3. The van der Waals surface area contributed by atoms with Crippen molar-refractivity contribution in [3.05, 3.63) is 35.4 Å². The van der Waals surface area contributed by atoms with Gasteiger partial charge in [0.15, 0.2) is 0 Å². The summed E-state index contributed by atoms with van der Waals surface area (Å²) in [7, 11) is 0. The zero-order valence-electron chi connectivity index (χ0n) is 12.5. The highest BCUT2D eigenvalue weighted by Gasteiger charge is 2.19. The lowest BCUT2D eigenvalue weighted by Gasteiger charge is -2.35. The van der Waals surface area contributed by atoms with Crippen molar-refractivity contribution in [2.24, 2.45) is 0 Å². The zero-order valence-corrected chi connectivity index (χ0v) is 12.5. The number of aliphatic carboxylic acids is 1. The lowest BCUT2D eigenvalue weighted by molar-refractivity contribution is -0.131. The Balaban J connectivity index is 2.39. The molecule has 0 radical (unpaired) electrons. The Morgan fingerprint density at radius 1 is 1.45 bits per heavy atom. The van der Waals surface area contributed by atoms with Crippen molar-refractivity contribution in [3.63, 3.8) is 0 Å². The van der Waals surface area contributed by atoms with Crippen molar-refractivity contribution < 1.29 is 9.90 Å². The first-order valence-electron chi connectivity index (χ1n) is 7.36. The maximum absolute atomic E-state index is 10.9. The number of rotatable bonds is 4. The van der Waals surface area contributed by atoms with E-state index in [1.807, 2.05) is 6.92 Å². The van der Waals surface area contributed by atoms with Crippen molar-refractivity contribution >= 4 is 17.2 Å². The van der Waals surface area contributed by atoms with Crippen LogP contribution in [0.15, 0.2) is 24.3 Å². The van der Waals surface area contributed by atoms with Gasteiger partial charge in [-0.2, -0.15) is 0 Å². The van der Waals surface area contributed by atoms with Gasteiger partial charge in [0.05, 0.1) is 0 Å². The minimum atomic E-state index is -0.872. The van der Waals surface area contributed by atoms with Crippen LogP contribution in [0, 0.1) is 0 Å². The molecule has 1 heterocycles. The number of carboxylic acids is 1. The van der Waals surface area contributed by atoms with Gasteiger partial charge in [-0.15, -0.1) is 0 Å². The van der Waals surface area contributed by atoms with Crippen LogP contribution < -0.4 is 4.90 Å². The normalized spacial score (nSPS) is 15.4. The summed E-state index contributed by atoms with van der Waals surface area (Å²) >= 11 is 0. The number of allylic oxidation sites excluding steroid dienone is 1. The van der Waals surface area contributed by atoms with Crippen LogP contribution in [0.3, 0.4) is 0 Å². The molecular weight excluding hydrogens is 250 g/mol. The molecule has 3 nitrogen and oxygen atoms in total. The number of carbonyl (C=O) groups is 1. The number of hydrogen-bond donors (Lipinski definition) is 1. The fourth-order valence-electron chi connectivity index (χ4n) is 2.90. The number of aryl methyl sites for hydroxylation is 1. The molecule has 3 heteroatoms. The summed E-state index contributed by atoms with van der Waals surface area (Å²) in [6.45, 7) is 7.53. The number of fused-ring (bicyclic) bond motifs is 1. The minimum Gasteiger partial charge on any atom is -0.478 e. The third-order valence-corrected chi connectivity index (χ3v) is 3.91. The Morgan fingerprint density at radius 3 is 2.80 bits per heavy atom. The van der Waals surface area contributed by atoms with Crippen molar-refractivity contribution in [1.29, 1.82) is 0 Å². The predicted octanol–water partition coefficient (Wildman–Crippen LogP) is 3.73. The molecule has 1 aromatic rings. The maximum Gasteiger partial charge on any atom is 0.328 e.